The van der Waals surface area contributed by atoms with E-state index in [9.17, 15) is 9.59 Å². The summed E-state index contributed by atoms with van der Waals surface area (Å²) < 4.78 is 11.4. The van der Waals surface area contributed by atoms with Crippen LogP contribution >= 0.6 is 0 Å². The molecule has 2 amide bonds. The van der Waals surface area contributed by atoms with E-state index in [-0.39, 0.29) is 12.5 Å². The lowest BCUT2D eigenvalue weighted by Crippen LogP contribution is -2.32. The molecule has 0 saturated heterocycles. The first-order valence-corrected chi connectivity index (χ1v) is 14.0. The van der Waals surface area contributed by atoms with Crippen LogP contribution < -0.4 is 16.0 Å². The predicted molar refractivity (Wildman–Crippen MR) is 170 cm³/mol. The van der Waals surface area contributed by atoms with E-state index >= 15 is 0 Å². The van der Waals surface area contributed by atoms with Crippen molar-refractivity contribution in [2.75, 3.05) is 10.6 Å². The number of nitrogens with zero attached hydrogens (tertiary/aromatic N) is 3. The molecule has 3 heterocycles. The summed E-state index contributed by atoms with van der Waals surface area (Å²) in [6.07, 6.45) is 4.03. The summed E-state index contributed by atoms with van der Waals surface area (Å²) in [4.78, 5) is 37.8. The Hall–Kier alpha value is -5.77. The van der Waals surface area contributed by atoms with Gasteiger partial charge in [-0.3, -0.25) is 9.78 Å². The van der Waals surface area contributed by atoms with Crippen molar-refractivity contribution in [3.05, 3.63) is 109 Å². The minimum absolute atomic E-state index is 0.182. The van der Waals surface area contributed by atoms with Gasteiger partial charge in [-0.1, -0.05) is 30.3 Å². The first-order valence-electron chi connectivity index (χ1n) is 14.0. The zero-order valence-corrected chi connectivity index (χ0v) is 24.4. The molecule has 44 heavy (non-hydrogen) atoms. The molecule has 0 saturated carbocycles. The quantitative estimate of drug-likeness (QED) is 0.176. The van der Waals surface area contributed by atoms with Gasteiger partial charge in [-0.05, 0) is 68.8 Å². The number of benzene rings is 3. The standard InChI is InChI=1S/C34H30N6O4/c1-34(2,3)44-33(42)36-18-21-15-22(19-35-17-21)32(41)40-24-13-11-23(12-14-24)39-30-16-28(37-20-38-30)27-9-6-8-26-25-7-4-5-10-29(25)43-31(26)27/h4-17,19-20H,18H2,1-3H3,(H,36,42)(H,40,41)(H,37,38,39). The second kappa shape index (κ2) is 11.8. The van der Waals surface area contributed by atoms with Gasteiger partial charge < -0.3 is 25.1 Å². The Morgan fingerprint density at radius 1 is 0.864 bits per heavy atom. The molecule has 220 valence electrons. The first kappa shape index (κ1) is 28.4. The van der Waals surface area contributed by atoms with Crippen molar-refractivity contribution < 1.29 is 18.7 Å². The maximum Gasteiger partial charge on any atom is 0.407 e. The highest BCUT2D eigenvalue weighted by molar-refractivity contribution is 6.09. The number of carbonyl (C=O) groups excluding carboxylic acids is 2. The molecular weight excluding hydrogens is 556 g/mol. The maximum absolute atomic E-state index is 12.9. The molecule has 10 nitrogen and oxygen atoms in total. The lowest BCUT2D eigenvalue weighted by molar-refractivity contribution is 0.0523. The third-order valence-corrected chi connectivity index (χ3v) is 6.66. The van der Waals surface area contributed by atoms with Crippen LogP contribution in [-0.2, 0) is 11.3 Å². The number of alkyl carbamates (subject to hydrolysis) is 1. The highest BCUT2D eigenvalue weighted by Gasteiger charge is 2.16. The zero-order chi connectivity index (χ0) is 30.7. The lowest BCUT2D eigenvalue weighted by atomic mass is 10.1. The molecule has 0 atom stereocenters. The topological polar surface area (TPSA) is 131 Å². The number of ether oxygens (including phenoxy) is 1. The molecule has 0 unspecified atom stereocenters. The Morgan fingerprint density at radius 2 is 1.64 bits per heavy atom. The molecule has 3 N–H and O–H groups in total. The fourth-order valence-corrected chi connectivity index (χ4v) is 4.71. The number of para-hydroxylation sites is 2. The summed E-state index contributed by atoms with van der Waals surface area (Å²) in [5.74, 6) is 0.292. The predicted octanol–water partition coefficient (Wildman–Crippen LogP) is 7.46. The smallest absolute Gasteiger partial charge is 0.407 e. The Bertz CT molecular complexity index is 1980. The van der Waals surface area contributed by atoms with E-state index < -0.39 is 11.7 Å². The number of fused-ring (bicyclic) bond motifs is 3. The number of aromatic nitrogens is 3. The summed E-state index contributed by atoms with van der Waals surface area (Å²) in [6.45, 7) is 5.55. The van der Waals surface area contributed by atoms with E-state index in [2.05, 4.69) is 30.9 Å². The van der Waals surface area contributed by atoms with Crippen LogP contribution in [0.15, 0.2) is 102 Å². The molecule has 0 fully saturated rings. The normalized spacial score (nSPS) is 11.3. The van der Waals surface area contributed by atoms with Crippen LogP contribution in [0.4, 0.5) is 22.0 Å². The van der Waals surface area contributed by atoms with Gasteiger partial charge in [-0.2, -0.15) is 0 Å². The number of nitrogens with one attached hydrogen (secondary N) is 3. The van der Waals surface area contributed by atoms with Crippen molar-refractivity contribution in [1.29, 1.82) is 0 Å². The van der Waals surface area contributed by atoms with E-state index in [1.807, 2.05) is 60.7 Å². The molecule has 0 bridgehead atoms. The van der Waals surface area contributed by atoms with Crippen molar-refractivity contribution in [1.82, 2.24) is 20.3 Å². The van der Waals surface area contributed by atoms with Crippen LogP contribution in [0, 0.1) is 0 Å². The van der Waals surface area contributed by atoms with Crippen LogP contribution in [0.2, 0.25) is 0 Å². The van der Waals surface area contributed by atoms with Gasteiger partial charge in [0.15, 0.2) is 0 Å². The van der Waals surface area contributed by atoms with E-state index in [0.717, 1.165) is 38.9 Å². The molecule has 0 aliphatic heterocycles. The summed E-state index contributed by atoms with van der Waals surface area (Å²) in [5.41, 5.74) is 5.04. The van der Waals surface area contributed by atoms with Gasteiger partial charge in [-0.25, -0.2) is 14.8 Å². The van der Waals surface area contributed by atoms with Crippen LogP contribution in [-0.4, -0.2) is 32.6 Å². The zero-order valence-electron chi connectivity index (χ0n) is 24.4. The summed E-state index contributed by atoms with van der Waals surface area (Å²) in [5, 5.41) is 10.9. The van der Waals surface area contributed by atoms with Gasteiger partial charge in [0.05, 0.1) is 11.3 Å². The van der Waals surface area contributed by atoms with Crippen LogP contribution in [0.3, 0.4) is 0 Å². The van der Waals surface area contributed by atoms with Gasteiger partial charge in [0.25, 0.3) is 5.91 Å². The number of hydrogen-bond acceptors (Lipinski definition) is 8. The number of carbonyl (C=O) groups is 2. The Balaban J connectivity index is 1.11. The maximum atomic E-state index is 12.9. The summed E-state index contributed by atoms with van der Waals surface area (Å²) in [6, 6.07) is 24.8. The number of furan rings is 1. The molecule has 0 radical (unpaired) electrons. The van der Waals surface area contributed by atoms with Crippen molar-refractivity contribution in [2.45, 2.75) is 32.9 Å². The van der Waals surface area contributed by atoms with Gasteiger partial charge in [0.1, 0.15) is 28.9 Å². The SMILES string of the molecule is CC(C)(C)OC(=O)NCc1cncc(C(=O)Nc2ccc(Nc3cc(-c4cccc5c4oc4ccccc45)ncn3)cc2)c1. The number of amides is 2. The van der Waals surface area contributed by atoms with E-state index in [1.165, 1.54) is 12.5 Å². The summed E-state index contributed by atoms with van der Waals surface area (Å²) >= 11 is 0. The molecular formula is C34H30N6O4. The highest BCUT2D eigenvalue weighted by Crippen LogP contribution is 2.35. The molecule has 10 heteroatoms. The second-order valence-electron chi connectivity index (χ2n) is 11.2. The Labute approximate surface area is 253 Å². The van der Waals surface area contributed by atoms with E-state index in [1.54, 1.807) is 45.2 Å². The van der Waals surface area contributed by atoms with Crippen LogP contribution in [0.5, 0.6) is 0 Å². The number of anilines is 3. The van der Waals surface area contributed by atoms with E-state index in [0.29, 0.717) is 22.6 Å². The van der Waals surface area contributed by atoms with Gasteiger partial charge in [-0.15, -0.1) is 0 Å². The van der Waals surface area contributed by atoms with Gasteiger partial charge in [0.2, 0.25) is 0 Å². The average molecular weight is 587 g/mol. The Kier molecular flexibility index (Phi) is 7.63. The van der Waals surface area contributed by atoms with Crippen molar-refractivity contribution in [3.8, 4) is 11.3 Å². The largest absolute Gasteiger partial charge is 0.455 e. The molecule has 3 aromatic carbocycles. The molecule has 0 aliphatic carbocycles. The van der Waals surface area contributed by atoms with E-state index in [4.69, 9.17) is 9.15 Å². The fraction of sp³-hybridized carbons (Fsp3) is 0.147. The highest BCUT2D eigenvalue weighted by atomic mass is 16.6. The molecule has 3 aromatic heterocycles. The van der Waals surface area contributed by atoms with Crippen molar-refractivity contribution >= 4 is 51.1 Å². The minimum Gasteiger partial charge on any atom is -0.455 e. The average Bonchev–Trinajstić information content (AvgIpc) is 3.39. The van der Waals surface area contributed by atoms with Crippen LogP contribution in [0.1, 0.15) is 36.7 Å². The third kappa shape index (κ3) is 6.49. The second-order valence-corrected chi connectivity index (χ2v) is 11.2. The molecule has 6 aromatic rings. The van der Waals surface area contributed by atoms with Gasteiger partial charge >= 0.3 is 6.09 Å². The Morgan fingerprint density at radius 3 is 2.45 bits per heavy atom. The lowest BCUT2D eigenvalue weighted by Gasteiger charge is -2.19. The van der Waals surface area contributed by atoms with Crippen molar-refractivity contribution in [3.63, 3.8) is 0 Å². The molecule has 0 aliphatic rings. The first-order chi connectivity index (χ1) is 21.2. The minimum atomic E-state index is -0.599. The molecule has 0 spiro atoms. The third-order valence-electron chi connectivity index (χ3n) is 6.66. The molecule has 6 rings (SSSR count). The fourth-order valence-electron chi connectivity index (χ4n) is 4.71. The van der Waals surface area contributed by atoms with Crippen LogP contribution in [0.25, 0.3) is 33.2 Å². The van der Waals surface area contributed by atoms with Gasteiger partial charge in [0, 0.05) is 52.7 Å². The van der Waals surface area contributed by atoms with Crippen molar-refractivity contribution in [2.24, 2.45) is 0 Å². The summed E-state index contributed by atoms with van der Waals surface area (Å²) in [7, 11) is 0. The number of rotatable bonds is 7. The number of pyridine rings is 1. The monoisotopic (exact) mass is 586 g/mol. The number of hydrogen-bond donors (Lipinski definition) is 3.